The van der Waals surface area contributed by atoms with Crippen molar-refractivity contribution in [2.75, 3.05) is 0 Å². The van der Waals surface area contributed by atoms with E-state index < -0.39 is 0 Å². The highest BCUT2D eigenvalue weighted by Gasteiger charge is 2.37. The minimum Gasteiger partial charge on any atom is -0.135 e. The van der Waals surface area contributed by atoms with Crippen molar-refractivity contribution >= 4 is 31.5 Å². The molecule has 0 atom stereocenters. The van der Waals surface area contributed by atoms with E-state index >= 15 is 0 Å². The second-order valence-electron chi connectivity index (χ2n) is 10.8. The van der Waals surface area contributed by atoms with Gasteiger partial charge in [-0.15, -0.1) is 11.3 Å². The van der Waals surface area contributed by atoms with Gasteiger partial charge < -0.3 is 0 Å². The molecule has 0 saturated carbocycles. The lowest BCUT2D eigenvalue weighted by molar-refractivity contribution is 0.332. The van der Waals surface area contributed by atoms with Crippen molar-refractivity contribution < 1.29 is 0 Å². The van der Waals surface area contributed by atoms with Gasteiger partial charge in [0.1, 0.15) is 0 Å². The molecule has 0 spiro atoms. The molecule has 0 amide bonds. The molecule has 138 valence electrons. The zero-order valence-electron chi connectivity index (χ0n) is 17.4. The first-order valence-electron chi connectivity index (χ1n) is 9.97. The van der Waals surface area contributed by atoms with E-state index in [1.807, 2.05) is 11.3 Å². The molecule has 4 rings (SSSR count). The Morgan fingerprint density at radius 3 is 2.00 bits per heavy atom. The minimum atomic E-state index is 0.274. The Balaban J connectivity index is 1.96. The van der Waals surface area contributed by atoms with E-state index in [2.05, 4.69) is 78.8 Å². The molecule has 1 aliphatic carbocycles. The van der Waals surface area contributed by atoms with Gasteiger partial charge in [0.15, 0.2) is 0 Å². The maximum Gasteiger partial charge on any atom is 0.0358 e. The second-order valence-corrected chi connectivity index (χ2v) is 11.9. The molecule has 0 bridgehead atoms. The predicted octanol–water partition coefficient (Wildman–Crippen LogP) is 7.99. The fraction of sp³-hybridized carbons (Fsp3) is 0.520. The molecule has 26 heavy (non-hydrogen) atoms. The molecule has 0 unspecified atom stereocenters. The van der Waals surface area contributed by atoms with E-state index in [1.54, 1.807) is 11.1 Å². The zero-order chi connectivity index (χ0) is 18.9. The predicted molar refractivity (Wildman–Crippen MR) is 118 cm³/mol. The molecule has 0 fully saturated rings. The third-order valence-electron chi connectivity index (χ3n) is 6.24. The topological polar surface area (TPSA) is 0 Å². The largest absolute Gasteiger partial charge is 0.135 e. The molecular weight excluding hydrogens is 332 g/mol. The molecule has 0 radical (unpaired) electrons. The molecule has 2 aromatic carbocycles. The number of hydrogen-bond acceptors (Lipinski definition) is 1. The zero-order valence-corrected chi connectivity index (χ0v) is 18.2. The van der Waals surface area contributed by atoms with Gasteiger partial charge in [0.2, 0.25) is 0 Å². The molecule has 1 aliphatic rings. The summed E-state index contributed by atoms with van der Waals surface area (Å²) in [5.41, 5.74) is 5.49. The van der Waals surface area contributed by atoms with Gasteiger partial charge in [-0.05, 0) is 76.5 Å². The summed E-state index contributed by atoms with van der Waals surface area (Å²) < 4.78 is 2.88. The Morgan fingerprint density at radius 2 is 1.38 bits per heavy atom. The van der Waals surface area contributed by atoms with Crippen molar-refractivity contribution in [2.45, 2.75) is 78.6 Å². The van der Waals surface area contributed by atoms with Crippen molar-refractivity contribution in [2.24, 2.45) is 5.41 Å². The van der Waals surface area contributed by atoms with Crippen molar-refractivity contribution in [3.63, 3.8) is 0 Å². The first-order valence-corrected chi connectivity index (χ1v) is 10.8. The summed E-state index contributed by atoms with van der Waals surface area (Å²) in [6.45, 7) is 16.7. The molecule has 3 aromatic rings. The van der Waals surface area contributed by atoms with Crippen LogP contribution in [-0.2, 0) is 17.3 Å². The quantitative estimate of drug-likeness (QED) is 0.410. The highest BCUT2D eigenvalue weighted by atomic mass is 32.1. The Bertz CT molecular complexity index is 992. The molecule has 1 heterocycles. The van der Waals surface area contributed by atoms with Gasteiger partial charge >= 0.3 is 0 Å². The Labute approximate surface area is 162 Å². The molecule has 1 aromatic heterocycles. The van der Waals surface area contributed by atoms with Crippen molar-refractivity contribution in [3.05, 3.63) is 47.0 Å². The Morgan fingerprint density at radius 1 is 0.808 bits per heavy atom. The van der Waals surface area contributed by atoms with Crippen LogP contribution in [-0.4, -0.2) is 0 Å². The van der Waals surface area contributed by atoms with Gasteiger partial charge in [-0.3, -0.25) is 0 Å². The van der Waals surface area contributed by atoms with Gasteiger partial charge in [0.05, 0.1) is 0 Å². The molecule has 0 N–H and O–H groups in total. The third-order valence-corrected chi connectivity index (χ3v) is 7.38. The summed E-state index contributed by atoms with van der Waals surface area (Å²) in [5.74, 6) is 0. The SMILES string of the molecule is CC(C)(C)Cc1ccc2sc3cc4c(cc3c2c1)C(C)(C)CCC4(C)C. The number of rotatable bonds is 1. The van der Waals surface area contributed by atoms with Crippen LogP contribution in [0.4, 0.5) is 0 Å². The summed E-state index contributed by atoms with van der Waals surface area (Å²) in [6.07, 6.45) is 3.68. The van der Waals surface area contributed by atoms with E-state index in [9.17, 15) is 0 Å². The number of fused-ring (bicyclic) bond motifs is 4. The third kappa shape index (κ3) is 2.99. The van der Waals surface area contributed by atoms with Crippen LogP contribution in [0.1, 0.15) is 78.0 Å². The Kier molecular flexibility index (Phi) is 3.87. The highest BCUT2D eigenvalue weighted by molar-refractivity contribution is 7.25. The standard InChI is InChI=1S/C25H32S/c1-23(2,3)15-16-8-9-21-17(12-16)18-13-19-20(14-22(18)26-21)25(6,7)11-10-24(19,4)5/h8-9,12-14H,10-11,15H2,1-7H3. The lowest BCUT2D eigenvalue weighted by atomic mass is 9.63. The average molecular weight is 365 g/mol. The van der Waals surface area contributed by atoms with Gasteiger partial charge in [-0.2, -0.15) is 0 Å². The van der Waals surface area contributed by atoms with Crippen LogP contribution in [0.15, 0.2) is 30.3 Å². The van der Waals surface area contributed by atoms with Crippen molar-refractivity contribution in [3.8, 4) is 0 Å². The summed E-state index contributed by atoms with van der Waals surface area (Å²) >= 11 is 1.96. The first-order chi connectivity index (χ1) is 12.0. The van der Waals surface area contributed by atoms with E-state index in [0.717, 1.165) is 6.42 Å². The summed E-state index contributed by atoms with van der Waals surface area (Å²) in [5, 5.41) is 2.92. The average Bonchev–Trinajstić information content (AvgIpc) is 2.87. The number of benzene rings is 2. The maximum absolute atomic E-state index is 2.53. The molecule has 0 aliphatic heterocycles. The van der Waals surface area contributed by atoms with Crippen molar-refractivity contribution in [1.29, 1.82) is 0 Å². The maximum atomic E-state index is 2.53. The minimum absolute atomic E-state index is 0.274. The second kappa shape index (κ2) is 5.58. The number of thiophene rings is 1. The van der Waals surface area contributed by atoms with Crippen LogP contribution in [0, 0.1) is 5.41 Å². The lowest BCUT2D eigenvalue weighted by Gasteiger charge is -2.41. The molecule has 1 heteroatoms. The van der Waals surface area contributed by atoms with Crippen LogP contribution in [0.3, 0.4) is 0 Å². The van der Waals surface area contributed by atoms with Gasteiger partial charge in [0, 0.05) is 20.2 Å². The van der Waals surface area contributed by atoms with Crippen LogP contribution < -0.4 is 0 Å². The van der Waals surface area contributed by atoms with Gasteiger partial charge in [0.25, 0.3) is 0 Å². The first kappa shape index (κ1) is 18.0. The van der Waals surface area contributed by atoms with E-state index in [-0.39, 0.29) is 10.8 Å². The fourth-order valence-electron chi connectivity index (χ4n) is 4.61. The van der Waals surface area contributed by atoms with Crippen molar-refractivity contribution in [1.82, 2.24) is 0 Å². The normalized spacial score (nSPS) is 19.0. The molecular formula is C25H32S. The molecule has 0 saturated heterocycles. The van der Waals surface area contributed by atoms with E-state index in [0.29, 0.717) is 5.41 Å². The lowest BCUT2D eigenvalue weighted by Crippen LogP contribution is -2.33. The van der Waals surface area contributed by atoms with E-state index in [4.69, 9.17) is 0 Å². The molecule has 0 nitrogen and oxygen atoms in total. The number of hydrogen-bond donors (Lipinski definition) is 0. The highest BCUT2D eigenvalue weighted by Crippen LogP contribution is 2.49. The summed E-state index contributed by atoms with van der Waals surface area (Å²) in [6, 6.07) is 12.2. The summed E-state index contributed by atoms with van der Waals surface area (Å²) in [4.78, 5) is 0. The van der Waals surface area contributed by atoms with Gasteiger partial charge in [-0.1, -0.05) is 54.5 Å². The van der Waals surface area contributed by atoms with Gasteiger partial charge in [-0.25, -0.2) is 0 Å². The fourth-order valence-corrected chi connectivity index (χ4v) is 5.71. The van der Waals surface area contributed by atoms with Crippen LogP contribution >= 0.6 is 11.3 Å². The van der Waals surface area contributed by atoms with E-state index in [1.165, 1.54) is 38.6 Å². The smallest absolute Gasteiger partial charge is 0.0358 e. The Hall–Kier alpha value is -1.34. The van der Waals surface area contributed by atoms with Crippen LogP contribution in [0.2, 0.25) is 0 Å². The summed E-state index contributed by atoms with van der Waals surface area (Å²) in [7, 11) is 0. The van der Waals surface area contributed by atoms with Crippen LogP contribution in [0.25, 0.3) is 20.2 Å². The van der Waals surface area contributed by atoms with Crippen LogP contribution in [0.5, 0.6) is 0 Å². The monoisotopic (exact) mass is 364 g/mol.